The van der Waals surface area contributed by atoms with E-state index in [1.807, 2.05) is 13.0 Å². The fraction of sp³-hybridized carbons (Fsp3) is 0.538. The third-order valence-corrected chi connectivity index (χ3v) is 2.70. The molecule has 0 aliphatic heterocycles. The molecule has 0 unspecified atom stereocenters. The highest BCUT2D eigenvalue weighted by atomic mass is 16.4. The number of carbonyl (C=O) groups is 2. The summed E-state index contributed by atoms with van der Waals surface area (Å²) < 4.78 is 5.56. The largest absolute Gasteiger partial charge is 0.481 e. The van der Waals surface area contributed by atoms with E-state index in [-0.39, 0.29) is 12.8 Å². The van der Waals surface area contributed by atoms with E-state index in [4.69, 9.17) is 14.6 Å². The van der Waals surface area contributed by atoms with E-state index >= 15 is 0 Å². The van der Waals surface area contributed by atoms with Crippen molar-refractivity contribution < 1.29 is 24.2 Å². The van der Waals surface area contributed by atoms with Gasteiger partial charge in [-0.1, -0.05) is 0 Å². The molecule has 1 rings (SSSR count). The molecule has 0 aliphatic carbocycles. The van der Waals surface area contributed by atoms with Crippen LogP contribution in [-0.4, -0.2) is 22.2 Å². The van der Waals surface area contributed by atoms with Gasteiger partial charge in [0.25, 0.3) is 0 Å². The van der Waals surface area contributed by atoms with E-state index in [1.165, 1.54) is 0 Å². The van der Waals surface area contributed by atoms with Crippen LogP contribution in [0.3, 0.4) is 0 Å². The highest BCUT2D eigenvalue weighted by Gasteiger charge is 2.09. The van der Waals surface area contributed by atoms with Gasteiger partial charge in [0, 0.05) is 19.3 Å². The lowest BCUT2D eigenvalue weighted by molar-refractivity contribution is -0.138. The summed E-state index contributed by atoms with van der Waals surface area (Å²) in [7, 11) is 0. The third-order valence-electron chi connectivity index (χ3n) is 2.70. The molecule has 0 amide bonds. The second-order valence-electron chi connectivity index (χ2n) is 4.31. The number of hydrogen-bond acceptors (Lipinski definition) is 3. The molecule has 0 spiro atoms. The quantitative estimate of drug-likeness (QED) is 0.695. The van der Waals surface area contributed by atoms with Crippen molar-refractivity contribution in [3.63, 3.8) is 0 Å². The van der Waals surface area contributed by atoms with Gasteiger partial charge < -0.3 is 14.6 Å². The van der Waals surface area contributed by atoms with Crippen LogP contribution < -0.4 is 0 Å². The maximum atomic E-state index is 10.5. The molecular formula is C13H18O5. The first-order chi connectivity index (χ1) is 8.49. The van der Waals surface area contributed by atoms with Crippen LogP contribution >= 0.6 is 0 Å². The zero-order chi connectivity index (χ0) is 13.5. The molecule has 0 aromatic carbocycles. The van der Waals surface area contributed by atoms with Crippen LogP contribution in [0.4, 0.5) is 0 Å². The predicted molar refractivity (Wildman–Crippen MR) is 64.6 cm³/mol. The first-order valence-electron chi connectivity index (χ1n) is 6.01. The molecule has 0 saturated heterocycles. The minimum absolute atomic E-state index is 0.0623. The van der Waals surface area contributed by atoms with E-state index in [0.29, 0.717) is 25.0 Å². The Morgan fingerprint density at radius 1 is 1.11 bits per heavy atom. The molecule has 2 N–H and O–H groups in total. The van der Waals surface area contributed by atoms with Gasteiger partial charge >= 0.3 is 11.9 Å². The fourth-order valence-corrected chi connectivity index (χ4v) is 1.76. The lowest BCUT2D eigenvalue weighted by Crippen LogP contribution is -1.97. The number of unbranched alkanes of at least 4 members (excludes halogenated alkanes) is 1. The predicted octanol–water partition coefficient (Wildman–Crippen LogP) is 2.40. The van der Waals surface area contributed by atoms with Crippen LogP contribution in [0.25, 0.3) is 0 Å². The standard InChI is InChI=1S/C13H18O5/c1-9-8-10(4-2-3-5-12(14)15)18-11(9)6-7-13(16)17/h8H,2-7H2,1H3,(H,14,15)(H,16,17). The molecule has 1 aromatic heterocycles. The van der Waals surface area contributed by atoms with Crippen molar-refractivity contribution in [3.05, 3.63) is 23.2 Å². The first-order valence-corrected chi connectivity index (χ1v) is 6.01. The summed E-state index contributed by atoms with van der Waals surface area (Å²) in [5.74, 6) is -0.106. The monoisotopic (exact) mass is 254 g/mol. The van der Waals surface area contributed by atoms with Crippen LogP contribution in [-0.2, 0) is 22.4 Å². The van der Waals surface area contributed by atoms with Gasteiger partial charge in [-0.25, -0.2) is 0 Å². The van der Waals surface area contributed by atoms with Crippen molar-refractivity contribution in [3.8, 4) is 0 Å². The van der Waals surface area contributed by atoms with Crippen LogP contribution in [0.1, 0.15) is 42.8 Å². The van der Waals surface area contributed by atoms with Gasteiger partial charge in [0.1, 0.15) is 11.5 Å². The Hall–Kier alpha value is -1.78. The van der Waals surface area contributed by atoms with E-state index in [2.05, 4.69) is 0 Å². The summed E-state index contributed by atoms with van der Waals surface area (Å²) in [6.07, 6.45) is 2.72. The molecule has 0 saturated carbocycles. The number of furan rings is 1. The minimum Gasteiger partial charge on any atom is -0.481 e. The third kappa shape index (κ3) is 5.03. The Morgan fingerprint density at radius 2 is 1.78 bits per heavy atom. The average molecular weight is 254 g/mol. The molecule has 0 aliphatic rings. The Bertz CT molecular complexity index is 419. The molecule has 1 aromatic rings. The summed E-state index contributed by atoms with van der Waals surface area (Å²) in [4.78, 5) is 20.8. The average Bonchev–Trinajstić information content (AvgIpc) is 2.62. The number of rotatable bonds is 8. The van der Waals surface area contributed by atoms with Gasteiger partial charge in [-0.3, -0.25) is 9.59 Å². The molecule has 0 radical (unpaired) electrons. The summed E-state index contributed by atoms with van der Waals surface area (Å²) >= 11 is 0. The normalized spacial score (nSPS) is 10.5. The Morgan fingerprint density at radius 3 is 2.39 bits per heavy atom. The Kier molecular flexibility index (Phi) is 5.42. The second kappa shape index (κ2) is 6.83. The van der Waals surface area contributed by atoms with Crippen molar-refractivity contribution in [1.29, 1.82) is 0 Å². The van der Waals surface area contributed by atoms with E-state index in [0.717, 1.165) is 17.7 Å². The number of carboxylic acid groups (broad SMARTS) is 2. The summed E-state index contributed by atoms with van der Waals surface area (Å²) in [6.45, 7) is 1.89. The molecule has 100 valence electrons. The number of carboxylic acids is 2. The Labute approximate surface area is 105 Å². The molecule has 5 nitrogen and oxygen atoms in total. The zero-order valence-electron chi connectivity index (χ0n) is 10.4. The topological polar surface area (TPSA) is 87.7 Å². The Balaban J connectivity index is 2.40. The highest BCUT2D eigenvalue weighted by Crippen LogP contribution is 2.18. The van der Waals surface area contributed by atoms with Gasteiger partial charge in [-0.2, -0.15) is 0 Å². The van der Waals surface area contributed by atoms with Crippen molar-refractivity contribution in [2.45, 2.75) is 45.4 Å². The van der Waals surface area contributed by atoms with Crippen LogP contribution in [0, 0.1) is 6.92 Å². The van der Waals surface area contributed by atoms with Gasteiger partial charge in [0.15, 0.2) is 0 Å². The summed E-state index contributed by atoms with van der Waals surface area (Å²) in [5.41, 5.74) is 0.962. The van der Waals surface area contributed by atoms with Gasteiger partial charge in [-0.05, 0) is 31.4 Å². The molecular weight excluding hydrogens is 236 g/mol. The molecule has 0 fully saturated rings. The summed E-state index contributed by atoms with van der Waals surface area (Å²) in [5, 5.41) is 17.1. The highest BCUT2D eigenvalue weighted by molar-refractivity contribution is 5.67. The van der Waals surface area contributed by atoms with Gasteiger partial charge in [0.05, 0.1) is 6.42 Å². The van der Waals surface area contributed by atoms with Crippen LogP contribution in [0.2, 0.25) is 0 Å². The van der Waals surface area contributed by atoms with Crippen molar-refractivity contribution in [2.75, 3.05) is 0 Å². The number of aryl methyl sites for hydroxylation is 3. The van der Waals surface area contributed by atoms with Crippen molar-refractivity contribution in [1.82, 2.24) is 0 Å². The zero-order valence-corrected chi connectivity index (χ0v) is 10.4. The van der Waals surface area contributed by atoms with Gasteiger partial charge in [0.2, 0.25) is 0 Å². The van der Waals surface area contributed by atoms with E-state index in [9.17, 15) is 9.59 Å². The van der Waals surface area contributed by atoms with Crippen LogP contribution in [0.5, 0.6) is 0 Å². The van der Waals surface area contributed by atoms with Crippen molar-refractivity contribution in [2.24, 2.45) is 0 Å². The molecule has 0 atom stereocenters. The number of aliphatic carboxylic acids is 2. The SMILES string of the molecule is Cc1cc(CCCCC(=O)O)oc1CCC(=O)O. The number of hydrogen-bond donors (Lipinski definition) is 2. The van der Waals surface area contributed by atoms with E-state index in [1.54, 1.807) is 0 Å². The lowest BCUT2D eigenvalue weighted by atomic mass is 10.1. The maximum Gasteiger partial charge on any atom is 0.303 e. The lowest BCUT2D eigenvalue weighted by Gasteiger charge is -1.97. The molecule has 5 heteroatoms. The molecule has 1 heterocycles. The van der Waals surface area contributed by atoms with E-state index < -0.39 is 11.9 Å². The smallest absolute Gasteiger partial charge is 0.303 e. The first kappa shape index (κ1) is 14.3. The second-order valence-corrected chi connectivity index (χ2v) is 4.31. The maximum absolute atomic E-state index is 10.5. The molecule has 18 heavy (non-hydrogen) atoms. The fourth-order valence-electron chi connectivity index (χ4n) is 1.76. The van der Waals surface area contributed by atoms with Crippen molar-refractivity contribution >= 4 is 11.9 Å². The van der Waals surface area contributed by atoms with Gasteiger partial charge in [-0.15, -0.1) is 0 Å². The summed E-state index contributed by atoms with van der Waals surface area (Å²) in [6, 6.07) is 1.90. The molecule has 0 bridgehead atoms. The minimum atomic E-state index is -0.839. The van der Waals surface area contributed by atoms with Crippen LogP contribution in [0.15, 0.2) is 10.5 Å².